The normalized spacial score (nSPS) is 14.9. The minimum absolute atomic E-state index is 0.0420. The third-order valence-electron chi connectivity index (χ3n) is 4.43. The lowest BCUT2D eigenvalue weighted by molar-refractivity contribution is -0.384. The highest BCUT2D eigenvalue weighted by Crippen LogP contribution is 2.24. The molecule has 0 aliphatic carbocycles. The molecule has 136 valence electrons. The van der Waals surface area contributed by atoms with Crippen LogP contribution in [0.25, 0.3) is 10.9 Å². The van der Waals surface area contributed by atoms with E-state index in [9.17, 15) is 15.4 Å². The molecule has 0 saturated carbocycles. The highest BCUT2D eigenvalue weighted by Gasteiger charge is 2.12. The van der Waals surface area contributed by atoms with Gasteiger partial charge in [-0.25, -0.2) is 4.98 Å². The second-order valence-electron chi connectivity index (χ2n) is 6.21. The third-order valence-corrected chi connectivity index (χ3v) is 4.43. The number of pyridine rings is 1. The topological polar surface area (TPSA) is 104 Å². The zero-order chi connectivity index (χ0) is 18.4. The van der Waals surface area contributed by atoms with Crippen molar-refractivity contribution in [1.82, 2.24) is 9.88 Å². The standard InChI is InChI=1S/C18H21N5O3/c19-13-14-11-18(20-5-1-2-6-22-7-9-26-10-8-22)21-17-4-3-15(23(24)25)12-16(14)17/h3-4,11-12H,1-2,5-10H2,(H,20,21). The van der Waals surface area contributed by atoms with Crippen molar-refractivity contribution in [3.8, 4) is 6.07 Å². The molecule has 1 aromatic heterocycles. The smallest absolute Gasteiger partial charge is 0.270 e. The molecule has 1 aliphatic rings. The Morgan fingerprint density at radius 1 is 1.31 bits per heavy atom. The number of nitro groups is 1. The van der Waals surface area contributed by atoms with Gasteiger partial charge in [0.15, 0.2) is 0 Å². The number of rotatable bonds is 7. The average molecular weight is 355 g/mol. The van der Waals surface area contributed by atoms with Gasteiger partial charge in [0.25, 0.3) is 5.69 Å². The molecule has 1 N–H and O–H groups in total. The number of nitro benzene ring substituents is 1. The fourth-order valence-electron chi connectivity index (χ4n) is 3.01. The molecule has 0 spiro atoms. The van der Waals surface area contributed by atoms with E-state index in [4.69, 9.17) is 4.74 Å². The fraction of sp³-hybridized carbons (Fsp3) is 0.444. The lowest BCUT2D eigenvalue weighted by Gasteiger charge is -2.26. The summed E-state index contributed by atoms with van der Waals surface area (Å²) in [5, 5.41) is 24.0. The minimum atomic E-state index is -0.471. The molecule has 2 aromatic rings. The Morgan fingerprint density at radius 3 is 2.85 bits per heavy atom. The van der Waals surface area contributed by atoms with Gasteiger partial charge in [-0.1, -0.05) is 0 Å². The van der Waals surface area contributed by atoms with Crippen molar-refractivity contribution in [2.75, 3.05) is 44.7 Å². The summed E-state index contributed by atoms with van der Waals surface area (Å²) in [5.41, 5.74) is 0.916. The van der Waals surface area contributed by atoms with Crippen molar-refractivity contribution in [2.45, 2.75) is 12.8 Å². The van der Waals surface area contributed by atoms with Crippen LogP contribution in [-0.4, -0.2) is 54.2 Å². The summed E-state index contributed by atoms with van der Waals surface area (Å²) in [5.74, 6) is 0.620. The maximum atomic E-state index is 10.9. The van der Waals surface area contributed by atoms with Gasteiger partial charge in [0.05, 0.1) is 35.3 Å². The molecule has 2 heterocycles. The number of nitriles is 1. The Hall–Kier alpha value is -2.76. The number of unbranched alkanes of at least 4 members (excludes halogenated alkanes) is 1. The Kier molecular flexibility index (Phi) is 5.94. The summed E-state index contributed by atoms with van der Waals surface area (Å²) in [6.45, 7) is 5.45. The van der Waals surface area contributed by atoms with E-state index in [-0.39, 0.29) is 5.69 Å². The molecular weight excluding hydrogens is 334 g/mol. The SMILES string of the molecule is N#Cc1cc(NCCCCN2CCOCC2)nc2ccc([N+](=O)[O-])cc12. The Morgan fingerprint density at radius 2 is 2.12 bits per heavy atom. The molecule has 1 saturated heterocycles. The first-order chi connectivity index (χ1) is 12.7. The number of non-ortho nitro benzene ring substituents is 1. The highest BCUT2D eigenvalue weighted by molar-refractivity contribution is 5.88. The minimum Gasteiger partial charge on any atom is -0.379 e. The monoisotopic (exact) mass is 355 g/mol. The second kappa shape index (κ2) is 8.56. The van der Waals surface area contributed by atoms with E-state index in [0.717, 1.165) is 52.2 Å². The van der Waals surface area contributed by atoms with Crippen LogP contribution in [0.15, 0.2) is 24.3 Å². The van der Waals surface area contributed by atoms with E-state index >= 15 is 0 Å². The fourth-order valence-corrected chi connectivity index (χ4v) is 3.01. The number of morpholine rings is 1. The summed E-state index contributed by atoms with van der Waals surface area (Å²) in [7, 11) is 0. The van der Waals surface area contributed by atoms with Crippen molar-refractivity contribution in [3.05, 3.63) is 39.9 Å². The number of aromatic nitrogens is 1. The van der Waals surface area contributed by atoms with Crippen LogP contribution >= 0.6 is 0 Å². The van der Waals surface area contributed by atoms with Crippen LogP contribution in [0.4, 0.5) is 11.5 Å². The quantitative estimate of drug-likeness (QED) is 0.462. The first-order valence-corrected chi connectivity index (χ1v) is 8.70. The van der Waals surface area contributed by atoms with Crippen LogP contribution in [0.1, 0.15) is 18.4 Å². The maximum absolute atomic E-state index is 10.9. The van der Waals surface area contributed by atoms with Crippen LogP contribution in [-0.2, 0) is 4.74 Å². The first-order valence-electron chi connectivity index (χ1n) is 8.70. The largest absolute Gasteiger partial charge is 0.379 e. The average Bonchev–Trinajstić information content (AvgIpc) is 2.67. The predicted molar refractivity (Wildman–Crippen MR) is 98.1 cm³/mol. The van der Waals surface area contributed by atoms with E-state index in [1.807, 2.05) is 0 Å². The number of nitrogens with one attached hydrogen (secondary N) is 1. The van der Waals surface area contributed by atoms with E-state index in [1.165, 1.54) is 12.1 Å². The lowest BCUT2D eigenvalue weighted by atomic mass is 10.1. The molecule has 1 aromatic carbocycles. The van der Waals surface area contributed by atoms with Gasteiger partial charge in [-0.05, 0) is 31.5 Å². The molecular formula is C18H21N5O3. The number of hydrogen-bond acceptors (Lipinski definition) is 7. The van der Waals surface area contributed by atoms with Crippen molar-refractivity contribution >= 4 is 22.4 Å². The van der Waals surface area contributed by atoms with Gasteiger partial charge in [-0.3, -0.25) is 15.0 Å². The van der Waals surface area contributed by atoms with Crippen LogP contribution in [0.5, 0.6) is 0 Å². The molecule has 0 radical (unpaired) electrons. The number of ether oxygens (including phenoxy) is 1. The number of hydrogen-bond donors (Lipinski definition) is 1. The van der Waals surface area contributed by atoms with Crippen molar-refractivity contribution in [2.24, 2.45) is 0 Å². The van der Waals surface area contributed by atoms with Crippen LogP contribution in [0.2, 0.25) is 0 Å². The number of nitrogens with zero attached hydrogens (tertiary/aromatic N) is 4. The molecule has 26 heavy (non-hydrogen) atoms. The van der Waals surface area contributed by atoms with Gasteiger partial charge in [-0.2, -0.15) is 5.26 Å². The van der Waals surface area contributed by atoms with Crippen molar-refractivity contribution < 1.29 is 9.66 Å². The summed E-state index contributed by atoms with van der Waals surface area (Å²) in [6.07, 6.45) is 2.08. The van der Waals surface area contributed by atoms with Crippen molar-refractivity contribution in [1.29, 1.82) is 5.26 Å². The third kappa shape index (κ3) is 4.45. The predicted octanol–water partition coefficient (Wildman–Crippen LogP) is 2.54. The Balaban J connectivity index is 1.58. The molecule has 1 aliphatic heterocycles. The van der Waals surface area contributed by atoms with Gasteiger partial charge in [0.1, 0.15) is 5.82 Å². The van der Waals surface area contributed by atoms with Gasteiger partial charge in [0, 0.05) is 37.2 Å². The summed E-state index contributed by atoms with van der Waals surface area (Å²) >= 11 is 0. The number of fused-ring (bicyclic) bond motifs is 1. The van der Waals surface area contributed by atoms with Crippen LogP contribution in [0, 0.1) is 21.4 Å². The lowest BCUT2D eigenvalue weighted by Crippen LogP contribution is -2.36. The molecule has 0 bridgehead atoms. The number of anilines is 1. The zero-order valence-electron chi connectivity index (χ0n) is 14.5. The van der Waals surface area contributed by atoms with Gasteiger partial charge in [0.2, 0.25) is 0 Å². The van der Waals surface area contributed by atoms with E-state index in [1.54, 1.807) is 12.1 Å². The van der Waals surface area contributed by atoms with Crippen LogP contribution in [0.3, 0.4) is 0 Å². The molecule has 3 rings (SSSR count). The maximum Gasteiger partial charge on any atom is 0.270 e. The second-order valence-corrected chi connectivity index (χ2v) is 6.21. The molecule has 8 heteroatoms. The van der Waals surface area contributed by atoms with Crippen molar-refractivity contribution in [3.63, 3.8) is 0 Å². The van der Waals surface area contributed by atoms with Gasteiger partial charge < -0.3 is 10.1 Å². The van der Waals surface area contributed by atoms with Gasteiger partial charge >= 0.3 is 0 Å². The highest BCUT2D eigenvalue weighted by atomic mass is 16.6. The molecule has 8 nitrogen and oxygen atoms in total. The van der Waals surface area contributed by atoms with E-state index in [2.05, 4.69) is 21.3 Å². The Labute approximate surface area is 151 Å². The Bertz CT molecular complexity index is 827. The zero-order valence-corrected chi connectivity index (χ0v) is 14.5. The summed E-state index contributed by atoms with van der Waals surface area (Å²) < 4.78 is 5.34. The van der Waals surface area contributed by atoms with Gasteiger partial charge in [-0.15, -0.1) is 0 Å². The molecule has 0 amide bonds. The molecule has 1 fully saturated rings. The van der Waals surface area contributed by atoms with E-state index < -0.39 is 4.92 Å². The van der Waals surface area contributed by atoms with E-state index in [0.29, 0.717) is 22.3 Å². The molecule has 0 atom stereocenters. The summed E-state index contributed by atoms with van der Waals surface area (Å²) in [6, 6.07) is 8.13. The molecule has 0 unspecified atom stereocenters. The number of benzene rings is 1. The first kappa shape index (κ1) is 18.0. The summed E-state index contributed by atoms with van der Waals surface area (Å²) in [4.78, 5) is 17.3. The van der Waals surface area contributed by atoms with Crippen LogP contribution < -0.4 is 5.32 Å².